The zero-order valence-corrected chi connectivity index (χ0v) is 10.0. The van der Waals surface area contributed by atoms with Crippen molar-refractivity contribution in [3.05, 3.63) is 28.2 Å². The Morgan fingerprint density at radius 1 is 1.14 bits per heavy atom. The van der Waals surface area contributed by atoms with Crippen LogP contribution in [0, 0.1) is 0 Å². The van der Waals surface area contributed by atoms with E-state index in [0.717, 1.165) is 23.5 Å². The van der Waals surface area contributed by atoms with E-state index in [-0.39, 0.29) is 6.61 Å². The van der Waals surface area contributed by atoms with Crippen LogP contribution in [0.3, 0.4) is 0 Å². The lowest BCUT2D eigenvalue weighted by Gasteiger charge is -2.02. The van der Waals surface area contributed by atoms with Crippen LogP contribution in [-0.4, -0.2) is 17.5 Å². The Labute approximate surface area is 98.4 Å². The van der Waals surface area contributed by atoms with Crippen LogP contribution < -0.4 is 0 Å². The molecule has 4 heteroatoms. The molecule has 1 N–H and O–H groups in total. The van der Waals surface area contributed by atoms with Crippen LogP contribution in [0.1, 0.15) is 12.8 Å². The van der Waals surface area contributed by atoms with Crippen molar-refractivity contribution in [2.45, 2.75) is 17.7 Å². The molecule has 0 heterocycles. The number of rotatable bonds is 5. The molecular formula is C10H12Cl2OS. The Morgan fingerprint density at radius 3 is 2.57 bits per heavy atom. The summed E-state index contributed by atoms with van der Waals surface area (Å²) in [7, 11) is 0. The molecule has 0 bridgehead atoms. The molecule has 0 radical (unpaired) electrons. The molecular weight excluding hydrogens is 239 g/mol. The summed E-state index contributed by atoms with van der Waals surface area (Å²) < 4.78 is 0. The van der Waals surface area contributed by atoms with Crippen LogP contribution in [0.25, 0.3) is 0 Å². The second-order valence-electron chi connectivity index (χ2n) is 2.86. The number of unbranched alkanes of at least 4 members (excludes halogenated alkanes) is 1. The second kappa shape index (κ2) is 6.57. The molecule has 0 unspecified atom stereocenters. The predicted molar refractivity (Wildman–Crippen MR) is 63.5 cm³/mol. The number of benzene rings is 1. The fourth-order valence-corrected chi connectivity index (χ4v) is 2.28. The first kappa shape index (κ1) is 12.2. The van der Waals surface area contributed by atoms with Crippen molar-refractivity contribution in [3.8, 4) is 0 Å². The lowest BCUT2D eigenvalue weighted by molar-refractivity contribution is 0.287. The topological polar surface area (TPSA) is 20.2 Å². The van der Waals surface area contributed by atoms with E-state index in [4.69, 9.17) is 28.3 Å². The van der Waals surface area contributed by atoms with Gasteiger partial charge in [0.15, 0.2) is 0 Å². The summed E-state index contributed by atoms with van der Waals surface area (Å²) in [5, 5.41) is 9.78. The summed E-state index contributed by atoms with van der Waals surface area (Å²) in [4.78, 5) is 1.12. The minimum atomic E-state index is 0.266. The fourth-order valence-electron chi connectivity index (χ4n) is 0.971. The Hall–Kier alpha value is 0.110. The van der Waals surface area contributed by atoms with Gasteiger partial charge in [0, 0.05) is 11.5 Å². The molecule has 0 aliphatic rings. The van der Waals surface area contributed by atoms with Crippen molar-refractivity contribution < 1.29 is 5.11 Å². The van der Waals surface area contributed by atoms with Gasteiger partial charge >= 0.3 is 0 Å². The molecule has 0 atom stereocenters. The van der Waals surface area contributed by atoms with Gasteiger partial charge in [0.25, 0.3) is 0 Å². The summed E-state index contributed by atoms with van der Waals surface area (Å²) in [6.07, 6.45) is 1.87. The maximum Gasteiger partial charge on any atom is 0.0603 e. The fraction of sp³-hybridized carbons (Fsp3) is 0.400. The molecule has 0 saturated heterocycles. The minimum absolute atomic E-state index is 0.266. The lowest BCUT2D eigenvalue weighted by Crippen LogP contribution is -1.85. The Bertz CT molecular complexity index is 291. The maximum absolute atomic E-state index is 8.60. The monoisotopic (exact) mass is 250 g/mol. The molecule has 0 aliphatic heterocycles. The Balaban J connectivity index is 2.39. The molecule has 0 aromatic heterocycles. The van der Waals surface area contributed by atoms with Gasteiger partial charge in [-0.15, -0.1) is 11.8 Å². The number of aliphatic hydroxyl groups is 1. The van der Waals surface area contributed by atoms with Gasteiger partial charge in [-0.2, -0.15) is 0 Å². The molecule has 78 valence electrons. The number of halogens is 2. The third kappa shape index (κ3) is 4.09. The van der Waals surface area contributed by atoms with Gasteiger partial charge in [-0.1, -0.05) is 23.2 Å². The van der Waals surface area contributed by atoms with Crippen molar-refractivity contribution in [1.82, 2.24) is 0 Å². The standard InChI is InChI=1S/C10H12Cl2OS/c11-9-4-3-8(7-10(9)12)14-6-2-1-5-13/h3-4,7,13H,1-2,5-6H2. The van der Waals surface area contributed by atoms with Crippen LogP contribution in [-0.2, 0) is 0 Å². The first-order valence-electron chi connectivity index (χ1n) is 4.43. The van der Waals surface area contributed by atoms with Crippen molar-refractivity contribution in [2.24, 2.45) is 0 Å². The van der Waals surface area contributed by atoms with Crippen LogP contribution in [0.15, 0.2) is 23.1 Å². The molecule has 0 spiro atoms. The second-order valence-corrected chi connectivity index (χ2v) is 4.84. The van der Waals surface area contributed by atoms with Crippen LogP contribution in [0.2, 0.25) is 10.0 Å². The smallest absolute Gasteiger partial charge is 0.0603 e. The van der Waals surface area contributed by atoms with E-state index in [1.54, 1.807) is 17.8 Å². The van der Waals surface area contributed by atoms with Crippen molar-refractivity contribution >= 4 is 35.0 Å². The van der Waals surface area contributed by atoms with Crippen LogP contribution in [0.5, 0.6) is 0 Å². The highest BCUT2D eigenvalue weighted by molar-refractivity contribution is 7.99. The van der Waals surface area contributed by atoms with E-state index in [9.17, 15) is 0 Å². The van der Waals surface area contributed by atoms with Crippen molar-refractivity contribution in [1.29, 1.82) is 0 Å². The lowest BCUT2D eigenvalue weighted by atomic mass is 10.4. The number of hydrogen-bond donors (Lipinski definition) is 1. The molecule has 1 aromatic carbocycles. The molecule has 0 aliphatic carbocycles. The van der Waals surface area contributed by atoms with Gasteiger partial charge in [-0.05, 0) is 36.8 Å². The van der Waals surface area contributed by atoms with E-state index >= 15 is 0 Å². The van der Waals surface area contributed by atoms with Gasteiger partial charge in [0.05, 0.1) is 10.0 Å². The third-order valence-electron chi connectivity index (χ3n) is 1.71. The molecule has 0 saturated carbocycles. The largest absolute Gasteiger partial charge is 0.396 e. The predicted octanol–water partition coefficient (Wildman–Crippen LogP) is 3.86. The average molecular weight is 251 g/mol. The number of hydrogen-bond acceptors (Lipinski definition) is 2. The highest BCUT2D eigenvalue weighted by Gasteiger charge is 1.99. The van der Waals surface area contributed by atoms with Gasteiger partial charge in [-0.3, -0.25) is 0 Å². The highest BCUT2D eigenvalue weighted by atomic mass is 35.5. The van der Waals surface area contributed by atoms with E-state index in [1.165, 1.54) is 0 Å². The van der Waals surface area contributed by atoms with Gasteiger partial charge in [0.1, 0.15) is 0 Å². The normalized spacial score (nSPS) is 10.5. The molecule has 14 heavy (non-hydrogen) atoms. The third-order valence-corrected chi connectivity index (χ3v) is 3.53. The summed E-state index contributed by atoms with van der Waals surface area (Å²) in [5.41, 5.74) is 0. The van der Waals surface area contributed by atoms with E-state index in [2.05, 4.69) is 0 Å². The first-order valence-corrected chi connectivity index (χ1v) is 6.17. The summed E-state index contributed by atoms with van der Waals surface area (Å²) in [6.45, 7) is 0.266. The van der Waals surface area contributed by atoms with Crippen molar-refractivity contribution in [2.75, 3.05) is 12.4 Å². The minimum Gasteiger partial charge on any atom is -0.396 e. The highest BCUT2D eigenvalue weighted by Crippen LogP contribution is 2.28. The Morgan fingerprint density at radius 2 is 1.93 bits per heavy atom. The first-order chi connectivity index (χ1) is 6.74. The number of aliphatic hydroxyl groups excluding tert-OH is 1. The van der Waals surface area contributed by atoms with E-state index in [0.29, 0.717) is 10.0 Å². The Kier molecular flexibility index (Phi) is 5.71. The average Bonchev–Trinajstić information content (AvgIpc) is 2.18. The number of thioether (sulfide) groups is 1. The van der Waals surface area contributed by atoms with Crippen molar-refractivity contribution in [3.63, 3.8) is 0 Å². The quantitative estimate of drug-likeness (QED) is 0.633. The van der Waals surface area contributed by atoms with Crippen LogP contribution >= 0.6 is 35.0 Å². The molecule has 1 nitrogen and oxygen atoms in total. The summed E-state index contributed by atoms with van der Waals surface area (Å²) in [5.74, 6) is 0.999. The van der Waals surface area contributed by atoms with E-state index in [1.807, 2.05) is 12.1 Å². The van der Waals surface area contributed by atoms with Gasteiger partial charge < -0.3 is 5.11 Å². The molecule has 0 fully saturated rings. The molecule has 0 amide bonds. The molecule has 1 rings (SSSR count). The van der Waals surface area contributed by atoms with Crippen LogP contribution in [0.4, 0.5) is 0 Å². The summed E-state index contributed by atoms with van der Waals surface area (Å²) in [6, 6.07) is 5.63. The van der Waals surface area contributed by atoms with Gasteiger partial charge in [-0.25, -0.2) is 0 Å². The summed E-state index contributed by atoms with van der Waals surface area (Å²) >= 11 is 13.4. The zero-order valence-electron chi connectivity index (χ0n) is 7.67. The van der Waals surface area contributed by atoms with E-state index < -0.39 is 0 Å². The SMILES string of the molecule is OCCCCSc1ccc(Cl)c(Cl)c1. The zero-order chi connectivity index (χ0) is 10.4. The van der Waals surface area contributed by atoms with Gasteiger partial charge in [0.2, 0.25) is 0 Å². The maximum atomic E-state index is 8.60. The molecule has 1 aromatic rings.